The van der Waals surface area contributed by atoms with Crippen LogP contribution in [0, 0.1) is 5.92 Å². The number of carboxylic acid groups (broad SMARTS) is 1. The first kappa shape index (κ1) is 16.6. The molecule has 0 amide bonds. The van der Waals surface area contributed by atoms with Crippen molar-refractivity contribution in [1.82, 2.24) is 15.3 Å². The highest BCUT2D eigenvalue weighted by Gasteiger charge is 2.26. The number of carbonyl (C=O) groups is 1. The number of aliphatic carboxylic acids is 1. The molecule has 132 valence electrons. The molecule has 3 rings (SSSR count). The Morgan fingerprint density at radius 1 is 1.33 bits per heavy atom. The third kappa shape index (κ3) is 3.78. The lowest BCUT2D eigenvalue weighted by atomic mass is 9.86. The summed E-state index contributed by atoms with van der Waals surface area (Å²) < 4.78 is 0. The zero-order valence-corrected chi connectivity index (χ0v) is 13.5. The molecule has 1 atom stereocenters. The van der Waals surface area contributed by atoms with Gasteiger partial charge in [-0.1, -0.05) is 0 Å². The number of H-pyrrole nitrogens is 1. The topological polar surface area (TPSA) is 145 Å². The average Bonchev–Trinajstić information content (AvgIpc) is 2.55. The number of nitrogens with two attached hydrogens (primary N) is 1. The van der Waals surface area contributed by atoms with Gasteiger partial charge in [-0.25, -0.2) is 0 Å². The molecule has 0 saturated heterocycles. The number of nitrogens with one attached hydrogen (secondary N) is 4. The SMILES string of the molecule is Nc1nc2c(c(=O)[nH]1)NC(CCNC1CCC(C(=O)O)CC1)CN2. The number of carboxylic acids is 1. The standard InChI is InChI=1S/C15H24N6O3/c16-15-20-12-11(13(22)21-15)19-10(7-18-12)5-6-17-9-3-1-8(2-4-9)14(23)24/h8-10,17,19H,1-7H2,(H,23,24)(H4,16,18,20,21,22). The second-order valence-corrected chi connectivity index (χ2v) is 6.53. The van der Waals surface area contributed by atoms with Crippen LogP contribution in [-0.4, -0.2) is 46.2 Å². The lowest BCUT2D eigenvalue weighted by Gasteiger charge is -2.29. The van der Waals surface area contributed by atoms with Gasteiger partial charge < -0.3 is 26.8 Å². The first-order valence-corrected chi connectivity index (χ1v) is 8.39. The van der Waals surface area contributed by atoms with Crippen LogP contribution < -0.4 is 27.2 Å². The monoisotopic (exact) mass is 336 g/mol. The highest BCUT2D eigenvalue weighted by Crippen LogP contribution is 2.25. The number of aromatic nitrogens is 2. The van der Waals surface area contributed by atoms with Crippen LogP contribution in [0.25, 0.3) is 0 Å². The number of fused-ring (bicyclic) bond motifs is 1. The van der Waals surface area contributed by atoms with Crippen molar-refractivity contribution < 1.29 is 9.90 Å². The molecule has 0 spiro atoms. The van der Waals surface area contributed by atoms with E-state index < -0.39 is 5.97 Å². The van der Waals surface area contributed by atoms with Crippen molar-refractivity contribution in [2.45, 2.75) is 44.2 Å². The molecule has 1 fully saturated rings. The second kappa shape index (κ2) is 7.08. The van der Waals surface area contributed by atoms with Gasteiger partial charge in [0.1, 0.15) is 5.69 Å². The van der Waals surface area contributed by atoms with E-state index in [1.807, 2.05) is 0 Å². The second-order valence-electron chi connectivity index (χ2n) is 6.53. The third-order valence-electron chi connectivity index (χ3n) is 4.80. The van der Waals surface area contributed by atoms with Gasteiger partial charge in [-0.2, -0.15) is 4.98 Å². The van der Waals surface area contributed by atoms with Crippen LogP contribution in [0.2, 0.25) is 0 Å². The largest absolute Gasteiger partial charge is 0.481 e. The van der Waals surface area contributed by atoms with E-state index >= 15 is 0 Å². The summed E-state index contributed by atoms with van der Waals surface area (Å²) in [5.74, 6) is -0.267. The number of hydrogen-bond donors (Lipinski definition) is 6. The van der Waals surface area contributed by atoms with Gasteiger partial charge >= 0.3 is 5.97 Å². The smallest absolute Gasteiger partial charge is 0.306 e. The molecule has 9 nitrogen and oxygen atoms in total. The number of nitrogen functional groups attached to an aromatic ring is 1. The summed E-state index contributed by atoms with van der Waals surface area (Å²) in [6, 6.07) is 0.515. The van der Waals surface area contributed by atoms with Crippen molar-refractivity contribution in [1.29, 1.82) is 0 Å². The molecule has 1 saturated carbocycles. The van der Waals surface area contributed by atoms with Gasteiger partial charge in [0.2, 0.25) is 5.95 Å². The van der Waals surface area contributed by atoms with E-state index in [1.54, 1.807) is 0 Å². The molecule has 1 aromatic heterocycles. The predicted molar refractivity (Wildman–Crippen MR) is 91.2 cm³/mol. The maximum Gasteiger partial charge on any atom is 0.306 e. The molecule has 7 N–H and O–H groups in total. The van der Waals surface area contributed by atoms with Gasteiger partial charge in [-0.15, -0.1) is 0 Å². The minimum atomic E-state index is -0.677. The maximum atomic E-state index is 11.9. The van der Waals surface area contributed by atoms with E-state index in [4.69, 9.17) is 10.8 Å². The maximum absolute atomic E-state index is 11.9. The molecule has 2 aliphatic rings. The molecule has 0 aromatic carbocycles. The summed E-state index contributed by atoms with van der Waals surface area (Å²) in [4.78, 5) is 29.4. The van der Waals surface area contributed by atoms with E-state index in [0.717, 1.165) is 38.6 Å². The van der Waals surface area contributed by atoms with Crippen molar-refractivity contribution in [3.8, 4) is 0 Å². The number of nitrogens with zero attached hydrogens (tertiary/aromatic N) is 1. The van der Waals surface area contributed by atoms with E-state index in [2.05, 4.69) is 25.9 Å². The summed E-state index contributed by atoms with van der Waals surface area (Å²) in [5, 5.41) is 18.9. The number of rotatable bonds is 5. The number of aromatic amines is 1. The molecule has 1 aliphatic carbocycles. The van der Waals surface area contributed by atoms with E-state index in [1.165, 1.54) is 0 Å². The van der Waals surface area contributed by atoms with Crippen LogP contribution in [0.3, 0.4) is 0 Å². The molecule has 0 bridgehead atoms. The van der Waals surface area contributed by atoms with Gasteiger partial charge in [0.25, 0.3) is 5.56 Å². The Balaban J connectivity index is 1.44. The van der Waals surface area contributed by atoms with Crippen molar-refractivity contribution >= 4 is 23.4 Å². The van der Waals surface area contributed by atoms with Crippen molar-refractivity contribution in [3.63, 3.8) is 0 Å². The van der Waals surface area contributed by atoms with Crippen LogP contribution in [0.5, 0.6) is 0 Å². The van der Waals surface area contributed by atoms with Gasteiger partial charge in [0.05, 0.1) is 5.92 Å². The highest BCUT2D eigenvalue weighted by molar-refractivity contribution is 5.70. The van der Waals surface area contributed by atoms with E-state index in [9.17, 15) is 9.59 Å². The fraction of sp³-hybridized carbons (Fsp3) is 0.667. The summed E-state index contributed by atoms with van der Waals surface area (Å²) in [6.45, 7) is 1.49. The lowest BCUT2D eigenvalue weighted by molar-refractivity contribution is -0.142. The Bertz CT molecular complexity index is 653. The lowest BCUT2D eigenvalue weighted by Crippen LogP contribution is -2.41. The molecule has 2 heterocycles. The first-order chi connectivity index (χ1) is 11.5. The Labute approximate surface area is 139 Å². The molecule has 24 heavy (non-hydrogen) atoms. The summed E-state index contributed by atoms with van der Waals surface area (Å²) in [6.07, 6.45) is 4.14. The Hall–Kier alpha value is -2.29. The number of hydrogen-bond acceptors (Lipinski definition) is 7. The van der Waals surface area contributed by atoms with Crippen LogP contribution >= 0.6 is 0 Å². The normalized spacial score (nSPS) is 26.1. The van der Waals surface area contributed by atoms with Gasteiger partial charge in [0, 0.05) is 18.6 Å². The fourth-order valence-corrected chi connectivity index (χ4v) is 3.41. The Morgan fingerprint density at radius 3 is 2.79 bits per heavy atom. The van der Waals surface area contributed by atoms with Crippen LogP contribution in [0.1, 0.15) is 32.1 Å². The highest BCUT2D eigenvalue weighted by atomic mass is 16.4. The molecule has 1 aliphatic heterocycles. The van der Waals surface area contributed by atoms with Gasteiger partial charge in [0.15, 0.2) is 5.82 Å². The van der Waals surface area contributed by atoms with Crippen molar-refractivity contribution in [2.24, 2.45) is 5.92 Å². The zero-order valence-electron chi connectivity index (χ0n) is 13.5. The molecular formula is C15H24N6O3. The summed E-state index contributed by atoms with van der Waals surface area (Å²) in [7, 11) is 0. The van der Waals surface area contributed by atoms with Gasteiger partial charge in [-0.05, 0) is 38.6 Å². The molecule has 0 radical (unpaired) electrons. The van der Waals surface area contributed by atoms with Crippen molar-refractivity contribution in [3.05, 3.63) is 10.4 Å². The third-order valence-corrected chi connectivity index (χ3v) is 4.80. The van der Waals surface area contributed by atoms with Gasteiger partial charge in [-0.3, -0.25) is 14.6 Å². The fourth-order valence-electron chi connectivity index (χ4n) is 3.41. The minimum Gasteiger partial charge on any atom is -0.481 e. The summed E-state index contributed by atoms with van der Waals surface area (Å²) in [5.41, 5.74) is 5.69. The number of anilines is 3. The molecular weight excluding hydrogens is 312 g/mol. The molecule has 1 unspecified atom stereocenters. The Morgan fingerprint density at radius 2 is 2.08 bits per heavy atom. The van der Waals surface area contributed by atoms with Crippen molar-refractivity contribution in [2.75, 3.05) is 29.5 Å². The van der Waals surface area contributed by atoms with Crippen LogP contribution in [-0.2, 0) is 4.79 Å². The molecule has 9 heteroatoms. The van der Waals surface area contributed by atoms with Crippen LogP contribution in [0.4, 0.5) is 17.5 Å². The summed E-state index contributed by atoms with van der Waals surface area (Å²) >= 11 is 0. The van der Waals surface area contributed by atoms with Crippen LogP contribution in [0.15, 0.2) is 4.79 Å². The van der Waals surface area contributed by atoms with E-state index in [0.29, 0.717) is 24.1 Å². The predicted octanol–water partition coefficient (Wildman–Crippen LogP) is 0.181. The first-order valence-electron chi connectivity index (χ1n) is 8.39. The quantitative estimate of drug-likeness (QED) is 0.446. The van der Waals surface area contributed by atoms with E-state index in [-0.39, 0.29) is 23.5 Å². The average molecular weight is 336 g/mol. The zero-order chi connectivity index (χ0) is 17.1. The minimum absolute atomic E-state index is 0.102. The molecule has 1 aromatic rings. The Kier molecular flexibility index (Phi) is 4.89.